The minimum Gasteiger partial charge on any atom is -0.486 e. The average molecular weight is 437 g/mol. The first-order valence-electron chi connectivity index (χ1n) is 10.5. The van der Waals surface area contributed by atoms with Crippen molar-refractivity contribution in [3.63, 3.8) is 0 Å². The van der Waals surface area contributed by atoms with Crippen LogP contribution in [-0.4, -0.2) is 28.4 Å². The van der Waals surface area contributed by atoms with E-state index in [1.54, 1.807) is 18.2 Å². The van der Waals surface area contributed by atoms with Crippen molar-refractivity contribution < 1.29 is 28.2 Å². The van der Waals surface area contributed by atoms with Gasteiger partial charge in [-0.3, -0.25) is 4.79 Å². The number of carboxylic acid groups (broad SMARTS) is 1. The van der Waals surface area contributed by atoms with Crippen molar-refractivity contribution in [3.8, 4) is 5.75 Å². The van der Waals surface area contributed by atoms with Gasteiger partial charge in [0.25, 0.3) is 0 Å². The molecule has 0 radical (unpaired) electrons. The van der Waals surface area contributed by atoms with Gasteiger partial charge >= 0.3 is 5.97 Å². The van der Waals surface area contributed by atoms with Crippen molar-refractivity contribution in [2.24, 2.45) is 5.92 Å². The van der Waals surface area contributed by atoms with Gasteiger partial charge in [-0.1, -0.05) is 32.0 Å². The van der Waals surface area contributed by atoms with E-state index in [9.17, 15) is 14.0 Å². The van der Waals surface area contributed by atoms with Crippen LogP contribution in [0.25, 0.3) is 0 Å². The van der Waals surface area contributed by atoms with Crippen molar-refractivity contribution in [2.75, 3.05) is 6.54 Å². The number of hydrogen-bond donors (Lipinski definition) is 1. The maximum absolute atomic E-state index is 13.6. The molecule has 0 bridgehead atoms. The zero-order valence-corrected chi connectivity index (χ0v) is 17.9. The van der Waals surface area contributed by atoms with E-state index in [2.05, 4.69) is 0 Å². The fourth-order valence-electron chi connectivity index (χ4n) is 3.98. The topological polar surface area (TPSA) is 80.0 Å². The summed E-state index contributed by atoms with van der Waals surface area (Å²) in [7, 11) is 0. The molecule has 7 heteroatoms. The molecular formula is C25H24FNO5. The number of fused-ring (bicyclic) bond motifs is 1. The summed E-state index contributed by atoms with van der Waals surface area (Å²) in [5.74, 6) is -0.776. The van der Waals surface area contributed by atoms with Gasteiger partial charge in [-0.25, -0.2) is 9.18 Å². The van der Waals surface area contributed by atoms with Crippen LogP contribution in [0.3, 0.4) is 0 Å². The zero-order chi connectivity index (χ0) is 22.8. The van der Waals surface area contributed by atoms with Gasteiger partial charge < -0.3 is 19.2 Å². The van der Waals surface area contributed by atoms with Crippen molar-refractivity contribution >= 4 is 11.9 Å². The molecule has 0 spiro atoms. The van der Waals surface area contributed by atoms with Crippen LogP contribution >= 0.6 is 0 Å². The molecule has 1 N–H and O–H groups in total. The summed E-state index contributed by atoms with van der Waals surface area (Å²) < 4.78 is 24.7. The highest BCUT2D eigenvalue weighted by Gasteiger charge is 2.33. The van der Waals surface area contributed by atoms with Crippen LogP contribution in [0.2, 0.25) is 0 Å². The largest absolute Gasteiger partial charge is 0.486 e. The van der Waals surface area contributed by atoms with Crippen LogP contribution in [0, 0.1) is 11.7 Å². The summed E-state index contributed by atoms with van der Waals surface area (Å²) in [6.07, 6.45) is 0.714. The summed E-state index contributed by atoms with van der Waals surface area (Å²) in [6, 6.07) is 14.5. The van der Waals surface area contributed by atoms with Crippen molar-refractivity contribution in [3.05, 3.63) is 88.6 Å². The minimum atomic E-state index is -1.14. The van der Waals surface area contributed by atoms with E-state index in [4.69, 9.17) is 14.3 Å². The van der Waals surface area contributed by atoms with E-state index >= 15 is 0 Å². The first-order chi connectivity index (χ1) is 15.3. The lowest BCUT2D eigenvalue weighted by atomic mass is 9.87. The Morgan fingerprint density at radius 1 is 1.16 bits per heavy atom. The summed E-state index contributed by atoms with van der Waals surface area (Å²) in [4.78, 5) is 25.8. The van der Waals surface area contributed by atoms with Gasteiger partial charge in [-0.05, 0) is 59.5 Å². The third-order valence-electron chi connectivity index (χ3n) is 5.56. The summed E-state index contributed by atoms with van der Waals surface area (Å²) in [5, 5.41) is 8.99. The minimum absolute atomic E-state index is 0.0353. The highest BCUT2D eigenvalue weighted by atomic mass is 19.1. The van der Waals surface area contributed by atoms with E-state index in [-0.39, 0.29) is 36.1 Å². The SMILES string of the molecule is CC(C)C(=O)N1CCc2ccc(OCc3ccc(C(=O)O)o3)cc2C1c1ccc(F)cc1. The quantitative estimate of drug-likeness (QED) is 0.598. The molecule has 2 heterocycles. The lowest BCUT2D eigenvalue weighted by molar-refractivity contribution is -0.136. The highest BCUT2D eigenvalue weighted by Crippen LogP contribution is 2.38. The number of hydrogen-bond acceptors (Lipinski definition) is 4. The number of carbonyl (C=O) groups excluding carboxylic acids is 1. The normalized spacial score (nSPS) is 15.5. The van der Waals surface area contributed by atoms with Crippen molar-refractivity contribution in [2.45, 2.75) is 32.9 Å². The molecule has 1 aromatic heterocycles. The first-order valence-corrected chi connectivity index (χ1v) is 10.5. The number of rotatable bonds is 6. The third-order valence-corrected chi connectivity index (χ3v) is 5.56. The molecular weight excluding hydrogens is 413 g/mol. The van der Waals surface area contributed by atoms with Crippen molar-refractivity contribution in [1.29, 1.82) is 0 Å². The Labute approximate surface area is 185 Å². The van der Waals surface area contributed by atoms with Crippen LogP contribution < -0.4 is 4.74 Å². The van der Waals surface area contributed by atoms with Gasteiger partial charge in [-0.2, -0.15) is 0 Å². The van der Waals surface area contributed by atoms with Crippen molar-refractivity contribution in [1.82, 2.24) is 4.90 Å². The number of halogens is 1. The van der Waals surface area contributed by atoms with Crippen LogP contribution in [0.5, 0.6) is 5.75 Å². The maximum atomic E-state index is 13.6. The van der Waals surface area contributed by atoms with Crippen LogP contribution in [0.4, 0.5) is 4.39 Å². The predicted octanol–water partition coefficient (Wildman–Crippen LogP) is 4.83. The number of furan rings is 1. The van der Waals surface area contributed by atoms with Gasteiger partial charge in [0.2, 0.25) is 11.7 Å². The number of benzene rings is 2. The smallest absolute Gasteiger partial charge is 0.371 e. The molecule has 3 aromatic rings. The second kappa shape index (κ2) is 8.86. The zero-order valence-electron chi connectivity index (χ0n) is 17.9. The molecule has 32 heavy (non-hydrogen) atoms. The summed E-state index contributed by atoms with van der Waals surface area (Å²) in [6.45, 7) is 4.39. The van der Waals surface area contributed by atoms with E-state index < -0.39 is 5.97 Å². The predicted molar refractivity (Wildman–Crippen MR) is 115 cm³/mol. The molecule has 166 valence electrons. The van der Waals surface area contributed by atoms with E-state index in [1.807, 2.05) is 36.9 Å². The summed E-state index contributed by atoms with van der Waals surface area (Å²) >= 11 is 0. The molecule has 0 fully saturated rings. The second-order valence-electron chi connectivity index (χ2n) is 8.11. The number of amides is 1. The molecule has 1 aliphatic heterocycles. The Kier molecular flexibility index (Phi) is 5.99. The fraction of sp³-hybridized carbons (Fsp3) is 0.280. The van der Waals surface area contributed by atoms with Crippen LogP contribution in [0.1, 0.15) is 52.9 Å². The lowest BCUT2D eigenvalue weighted by Crippen LogP contribution is -2.42. The average Bonchev–Trinajstić information content (AvgIpc) is 3.26. The molecule has 2 aromatic carbocycles. The monoisotopic (exact) mass is 437 g/mol. The number of carbonyl (C=O) groups is 2. The molecule has 1 unspecified atom stereocenters. The van der Waals surface area contributed by atoms with E-state index in [0.29, 0.717) is 24.5 Å². The standard InChI is InChI=1S/C25H24FNO5/c1-15(2)24(28)27-12-11-16-5-8-19(31-14-20-9-10-22(32-20)25(29)30)13-21(16)23(27)17-3-6-18(26)7-4-17/h3-10,13,15,23H,11-12,14H2,1-2H3,(H,29,30). The van der Waals surface area contributed by atoms with Gasteiger partial charge in [0.05, 0.1) is 6.04 Å². The fourth-order valence-corrected chi connectivity index (χ4v) is 3.98. The molecule has 1 aliphatic rings. The van der Waals surface area contributed by atoms with Gasteiger partial charge in [0.15, 0.2) is 0 Å². The number of carboxylic acids is 1. The van der Waals surface area contributed by atoms with E-state index in [0.717, 1.165) is 16.7 Å². The van der Waals surface area contributed by atoms with Gasteiger partial charge in [0, 0.05) is 12.5 Å². The van der Waals surface area contributed by atoms with Gasteiger partial charge in [-0.15, -0.1) is 0 Å². The number of ether oxygens (including phenoxy) is 1. The van der Waals surface area contributed by atoms with Crippen LogP contribution in [0.15, 0.2) is 59.0 Å². The molecule has 1 atom stereocenters. The number of aromatic carboxylic acids is 1. The molecule has 0 saturated heterocycles. The molecule has 1 amide bonds. The number of nitrogens with zero attached hydrogens (tertiary/aromatic N) is 1. The van der Waals surface area contributed by atoms with E-state index in [1.165, 1.54) is 18.2 Å². The Bertz CT molecular complexity index is 1140. The first kappa shape index (κ1) is 21.6. The molecule has 4 rings (SSSR count). The van der Waals surface area contributed by atoms with Gasteiger partial charge in [0.1, 0.15) is 23.9 Å². The maximum Gasteiger partial charge on any atom is 0.371 e. The molecule has 0 aliphatic carbocycles. The highest BCUT2D eigenvalue weighted by molar-refractivity contribution is 5.84. The Morgan fingerprint density at radius 2 is 1.91 bits per heavy atom. The Balaban J connectivity index is 1.65. The Hall–Kier alpha value is -3.61. The third kappa shape index (κ3) is 4.37. The molecule has 0 saturated carbocycles. The molecule has 6 nitrogen and oxygen atoms in total. The summed E-state index contributed by atoms with van der Waals surface area (Å²) in [5.41, 5.74) is 2.86. The Morgan fingerprint density at radius 3 is 2.56 bits per heavy atom. The van der Waals surface area contributed by atoms with Crippen LogP contribution in [-0.2, 0) is 17.8 Å². The lowest BCUT2D eigenvalue weighted by Gasteiger charge is -2.39. The second-order valence-corrected chi connectivity index (χ2v) is 8.11.